The summed E-state index contributed by atoms with van der Waals surface area (Å²) in [5.41, 5.74) is 0.215. The highest BCUT2D eigenvalue weighted by Crippen LogP contribution is 2.29. The summed E-state index contributed by atoms with van der Waals surface area (Å²) in [7, 11) is 2.88. The van der Waals surface area contributed by atoms with Gasteiger partial charge in [0.15, 0.2) is 5.78 Å². The van der Waals surface area contributed by atoms with Gasteiger partial charge in [-0.15, -0.1) is 0 Å². The van der Waals surface area contributed by atoms with Gasteiger partial charge in [0.2, 0.25) is 5.78 Å². The Morgan fingerprint density at radius 1 is 1.24 bits per heavy atom. The van der Waals surface area contributed by atoms with Crippen molar-refractivity contribution in [3.05, 3.63) is 23.8 Å². The first kappa shape index (κ1) is 13.2. The van der Waals surface area contributed by atoms with Crippen LogP contribution in [0.15, 0.2) is 18.2 Å². The number of carbonyl (C=O) groups excluding carboxylic acids is 2. The number of Topliss-reactive ketones (excluding diaryl/α,β-unsaturated/α-hetero) is 2. The van der Waals surface area contributed by atoms with Gasteiger partial charge in [-0.05, 0) is 18.2 Å². The predicted octanol–water partition coefficient (Wildman–Crippen LogP) is 0.895. The normalized spacial score (nSPS) is 11.8. The quantitative estimate of drug-likeness (QED) is 0.771. The number of rotatable bonds is 5. The van der Waals surface area contributed by atoms with Gasteiger partial charge < -0.3 is 14.6 Å². The van der Waals surface area contributed by atoms with Gasteiger partial charge in [-0.25, -0.2) is 0 Å². The molecule has 0 aliphatic carbocycles. The lowest BCUT2D eigenvalue weighted by Crippen LogP contribution is -2.20. The number of carbonyl (C=O) groups is 2. The average molecular weight is 238 g/mol. The molecular weight excluding hydrogens is 224 g/mol. The van der Waals surface area contributed by atoms with E-state index in [0.29, 0.717) is 11.5 Å². The number of ketones is 2. The van der Waals surface area contributed by atoms with Crippen LogP contribution in [-0.4, -0.2) is 30.9 Å². The van der Waals surface area contributed by atoms with E-state index in [0.717, 1.165) is 6.92 Å². The monoisotopic (exact) mass is 238 g/mol. The SMILES string of the molecule is COc1ccc(OC)c(C(O)C(=O)C(C)=O)c1. The van der Waals surface area contributed by atoms with Gasteiger partial charge in [0.05, 0.1) is 14.2 Å². The van der Waals surface area contributed by atoms with Gasteiger partial charge in [-0.3, -0.25) is 9.59 Å². The fourth-order valence-corrected chi connectivity index (χ4v) is 1.39. The van der Waals surface area contributed by atoms with Crippen LogP contribution in [0.4, 0.5) is 0 Å². The predicted molar refractivity (Wildman–Crippen MR) is 60.2 cm³/mol. The molecule has 1 N–H and O–H groups in total. The van der Waals surface area contributed by atoms with Gasteiger partial charge in [0.1, 0.15) is 17.6 Å². The molecule has 0 saturated heterocycles. The largest absolute Gasteiger partial charge is 0.497 e. The van der Waals surface area contributed by atoms with Crippen molar-refractivity contribution in [3.63, 3.8) is 0 Å². The van der Waals surface area contributed by atoms with Crippen molar-refractivity contribution in [2.24, 2.45) is 0 Å². The van der Waals surface area contributed by atoms with Gasteiger partial charge in [-0.2, -0.15) is 0 Å². The van der Waals surface area contributed by atoms with Crippen LogP contribution in [0.25, 0.3) is 0 Å². The van der Waals surface area contributed by atoms with Gasteiger partial charge in [-0.1, -0.05) is 0 Å². The van der Waals surface area contributed by atoms with Crippen LogP contribution in [-0.2, 0) is 9.59 Å². The molecule has 0 amide bonds. The molecule has 1 aromatic carbocycles. The molecular formula is C12H14O5. The lowest BCUT2D eigenvalue weighted by Gasteiger charge is -2.13. The number of hydrogen-bond acceptors (Lipinski definition) is 5. The molecule has 17 heavy (non-hydrogen) atoms. The summed E-state index contributed by atoms with van der Waals surface area (Å²) in [5.74, 6) is -0.789. The van der Waals surface area contributed by atoms with Crippen LogP contribution in [0.3, 0.4) is 0 Å². The molecule has 0 saturated carbocycles. The highest BCUT2D eigenvalue weighted by Gasteiger charge is 2.24. The lowest BCUT2D eigenvalue weighted by molar-refractivity contribution is -0.140. The topological polar surface area (TPSA) is 72.8 Å². The first-order valence-corrected chi connectivity index (χ1v) is 4.96. The summed E-state index contributed by atoms with van der Waals surface area (Å²) in [4.78, 5) is 22.3. The van der Waals surface area contributed by atoms with E-state index in [1.54, 1.807) is 12.1 Å². The fourth-order valence-electron chi connectivity index (χ4n) is 1.39. The van der Waals surface area contributed by atoms with Crippen LogP contribution in [0.1, 0.15) is 18.6 Å². The Labute approximate surface area is 99.0 Å². The van der Waals surface area contributed by atoms with E-state index in [1.165, 1.54) is 20.3 Å². The van der Waals surface area contributed by atoms with Crippen molar-refractivity contribution >= 4 is 11.6 Å². The smallest absolute Gasteiger partial charge is 0.231 e. The Kier molecular flexibility index (Phi) is 4.23. The van der Waals surface area contributed by atoms with Crippen LogP contribution in [0.5, 0.6) is 11.5 Å². The van der Waals surface area contributed by atoms with E-state index >= 15 is 0 Å². The average Bonchev–Trinajstić information content (AvgIpc) is 2.35. The first-order chi connectivity index (χ1) is 8.01. The number of hydrogen-bond donors (Lipinski definition) is 1. The highest BCUT2D eigenvalue weighted by molar-refractivity contribution is 6.37. The number of aliphatic hydroxyl groups is 1. The maximum Gasteiger partial charge on any atom is 0.231 e. The number of ether oxygens (including phenoxy) is 2. The van der Waals surface area contributed by atoms with E-state index < -0.39 is 17.7 Å². The molecule has 92 valence electrons. The molecule has 1 unspecified atom stereocenters. The molecule has 0 spiro atoms. The third-order valence-corrected chi connectivity index (χ3v) is 2.33. The third kappa shape index (κ3) is 2.82. The Morgan fingerprint density at radius 2 is 1.88 bits per heavy atom. The fraction of sp³-hybridized carbons (Fsp3) is 0.333. The first-order valence-electron chi connectivity index (χ1n) is 4.96. The second kappa shape index (κ2) is 5.45. The minimum absolute atomic E-state index is 0.215. The molecule has 1 rings (SSSR count). The molecule has 1 aromatic rings. The van der Waals surface area contributed by atoms with E-state index in [-0.39, 0.29) is 5.56 Å². The maximum absolute atomic E-state index is 11.4. The molecule has 0 radical (unpaired) electrons. The molecule has 0 aliphatic heterocycles. The lowest BCUT2D eigenvalue weighted by atomic mass is 10.0. The second-order valence-electron chi connectivity index (χ2n) is 3.43. The highest BCUT2D eigenvalue weighted by atomic mass is 16.5. The van der Waals surface area contributed by atoms with E-state index in [4.69, 9.17) is 9.47 Å². The van der Waals surface area contributed by atoms with Crippen LogP contribution >= 0.6 is 0 Å². The van der Waals surface area contributed by atoms with Crippen LogP contribution < -0.4 is 9.47 Å². The molecule has 1 atom stereocenters. The van der Waals surface area contributed by atoms with E-state index in [9.17, 15) is 14.7 Å². The maximum atomic E-state index is 11.4. The molecule has 0 aliphatic rings. The van der Waals surface area contributed by atoms with Crippen LogP contribution in [0, 0.1) is 0 Å². The van der Waals surface area contributed by atoms with Crippen molar-refractivity contribution in [1.29, 1.82) is 0 Å². The molecule has 0 heterocycles. The summed E-state index contributed by atoms with van der Waals surface area (Å²) < 4.78 is 10.00. The number of aliphatic hydroxyl groups excluding tert-OH is 1. The Hall–Kier alpha value is -1.88. The Bertz CT molecular complexity index is 439. The zero-order valence-electron chi connectivity index (χ0n) is 9.89. The molecule has 5 heteroatoms. The molecule has 0 fully saturated rings. The Balaban J connectivity index is 3.18. The zero-order valence-corrected chi connectivity index (χ0v) is 9.89. The van der Waals surface area contributed by atoms with Gasteiger partial charge in [0.25, 0.3) is 0 Å². The zero-order chi connectivity index (χ0) is 13.0. The summed E-state index contributed by atoms with van der Waals surface area (Å²) in [5, 5.41) is 9.79. The van der Waals surface area contributed by atoms with Crippen molar-refractivity contribution in [2.75, 3.05) is 14.2 Å². The van der Waals surface area contributed by atoms with Crippen molar-refractivity contribution in [1.82, 2.24) is 0 Å². The van der Waals surface area contributed by atoms with Gasteiger partial charge >= 0.3 is 0 Å². The standard InChI is InChI=1S/C12H14O5/c1-7(13)11(14)12(15)9-6-8(16-2)4-5-10(9)17-3/h4-6,12,15H,1-3H3. The molecule has 5 nitrogen and oxygen atoms in total. The number of methoxy groups -OCH3 is 2. The minimum atomic E-state index is -1.53. The molecule has 0 aromatic heterocycles. The van der Waals surface area contributed by atoms with Crippen LogP contribution in [0.2, 0.25) is 0 Å². The van der Waals surface area contributed by atoms with Crippen molar-refractivity contribution < 1.29 is 24.2 Å². The van der Waals surface area contributed by atoms with Crippen molar-refractivity contribution in [3.8, 4) is 11.5 Å². The number of benzene rings is 1. The van der Waals surface area contributed by atoms with Gasteiger partial charge in [0, 0.05) is 12.5 Å². The van der Waals surface area contributed by atoms with E-state index in [1.807, 2.05) is 0 Å². The molecule has 0 bridgehead atoms. The third-order valence-electron chi connectivity index (χ3n) is 2.33. The minimum Gasteiger partial charge on any atom is -0.497 e. The summed E-state index contributed by atoms with van der Waals surface area (Å²) in [6.45, 7) is 1.11. The second-order valence-corrected chi connectivity index (χ2v) is 3.43. The van der Waals surface area contributed by atoms with E-state index in [2.05, 4.69) is 0 Å². The summed E-state index contributed by atoms with van der Waals surface area (Å²) >= 11 is 0. The summed E-state index contributed by atoms with van der Waals surface area (Å²) in [6.07, 6.45) is -1.53. The summed E-state index contributed by atoms with van der Waals surface area (Å²) in [6, 6.07) is 4.66. The van der Waals surface area contributed by atoms with Crippen molar-refractivity contribution in [2.45, 2.75) is 13.0 Å². The Morgan fingerprint density at radius 3 is 2.35 bits per heavy atom.